The normalized spacial score (nSPS) is 10.6. The van der Waals surface area contributed by atoms with E-state index in [0.29, 0.717) is 28.8 Å². The fraction of sp³-hybridized carbons (Fsp3) is 0.176. The molecular weight excluding hydrogens is 383 g/mol. The number of benzene rings is 1. The summed E-state index contributed by atoms with van der Waals surface area (Å²) in [6, 6.07) is 9.06. The standard InChI is InChI=1S/C15H13N3O3.C2HF3O2/c1-19-11-5-6-13(20-2)12(8-11)15-18-17-14(21-15)10-4-3-7-16-9-10;3-2(4,5)1(6)7/h3-9H,1-2H3;(H,6,7). The van der Waals surface area contributed by atoms with Gasteiger partial charge in [-0.1, -0.05) is 0 Å². The Kier molecular flexibility index (Phi) is 6.53. The van der Waals surface area contributed by atoms with Crippen molar-refractivity contribution in [2.24, 2.45) is 0 Å². The number of rotatable bonds is 4. The molecule has 1 aromatic carbocycles. The molecule has 1 N–H and O–H groups in total. The number of pyridine rings is 1. The molecule has 2 aromatic heterocycles. The van der Waals surface area contributed by atoms with Crippen molar-refractivity contribution >= 4 is 5.97 Å². The molecule has 3 rings (SSSR count). The summed E-state index contributed by atoms with van der Waals surface area (Å²) in [6.45, 7) is 0. The topological polar surface area (TPSA) is 108 Å². The van der Waals surface area contributed by atoms with Crippen molar-refractivity contribution in [2.45, 2.75) is 6.18 Å². The number of ether oxygens (including phenoxy) is 2. The maximum atomic E-state index is 10.6. The second-order valence-corrected chi connectivity index (χ2v) is 5.02. The molecule has 8 nitrogen and oxygen atoms in total. The van der Waals surface area contributed by atoms with E-state index in [4.69, 9.17) is 23.8 Å². The average molecular weight is 397 g/mol. The molecule has 3 aromatic rings. The summed E-state index contributed by atoms with van der Waals surface area (Å²) < 4.78 is 48.0. The Bertz CT molecular complexity index is 929. The summed E-state index contributed by atoms with van der Waals surface area (Å²) in [5.41, 5.74) is 1.44. The van der Waals surface area contributed by atoms with Gasteiger partial charge in [0.1, 0.15) is 11.5 Å². The molecule has 0 aliphatic heterocycles. The Morgan fingerprint density at radius 2 is 1.79 bits per heavy atom. The van der Waals surface area contributed by atoms with Gasteiger partial charge in [-0.25, -0.2) is 4.79 Å². The highest BCUT2D eigenvalue weighted by Gasteiger charge is 2.38. The van der Waals surface area contributed by atoms with Crippen LogP contribution in [0.1, 0.15) is 0 Å². The van der Waals surface area contributed by atoms with Crippen molar-refractivity contribution in [1.29, 1.82) is 0 Å². The van der Waals surface area contributed by atoms with E-state index in [9.17, 15) is 13.2 Å². The lowest BCUT2D eigenvalue weighted by Gasteiger charge is -2.07. The van der Waals surface area contributed by atoms with Crippen LogP contribution in [0.3, 0.4) is 0 Å². The van der Waals surface area contributed by atoms with Crippen LogP contribution in [0, 0.1) is 0 Å². The molecule has 0 saturated carbocycles. The van der Waals surface area contributed by atoms with E-state index in [2.05, 4.69) is 15.2 Å². The van der Waals surface area contributed by atoms with Crippen molar-refractivity contribution in [3.8, 4) is 34.4 Å². The van der Waals surface area contributed by atoms with Gasteiger partial charge in [0.25, 0.3) is 5.89 Å². The van der Waals surface area contributed by atoms with Crippen LogP contribution in [-0.4, -0.2) is 46.7 Å². The lowest BCUT2D eigenvalue weighted by Crippen LogP contribution is -2.21. The van der Waals surface area contributed by atoms with E-state index in [1.165, 1.54) is 0 Å². The number of hydrogen-bond donors (Lipinski definition) is 1. The predicted molar refractivity (Wildman–Crippen MR) is 89.8 cm³/mol. The molecule has 0 unspecified atom stereocenters. The molecule has 0 saturated heterocycles. The Hall–Kier alpha value is -3.63. The van der Waals surface area contributed by atoms with Crippen LogP contribution in [0.4, 0.5) is 13.2 Å². The highest BCUT2D eigenvalue weighted by atomic mass is 19.4. The zero-order valence-corrected chi connectivity index (χ0v) is 14.6. The number of methoxy groups -OCH3 is 2. The van der Waals surface area contributed by atoms with Gasteiger partial charge in [-0.15, -0.1) is 10.2 Å². The van der Waals surface area contributed by atoms with E-state index < -0.39 is 12.1 Å². The van der Waals surface area contributed by atoms with Crippen molar-refractivity contribution < 1.29 is 37.0 Å². The molecule has 0 spiro atoms. The number of aliphatic carboxylic acids is 1. The fourth-order valence-corrected chi connectivity index (χ4v) is 1.92. The average Bonchev–Trinajstić information content (AvgIpc) is 3.18. The third kappa shape index (κ3) is 5.19. The minimum Gasteiger partial charge on any atom is -0.497 e. The van der Waals surface area contributed by atoms with Gasteiger partial charge in [0.2, 0.25) is 5.89 Å². The quantitative estimate of drug-likeness (QED) is 0.713. The van der Waals surface area contributed by atoms with Crippen molar-refractivity contribution in [3.63, 3.8) is 0 Å². The number of aromatic nitrogens is 3. The molecule has 2 heterocycles. The second-order valence-electron chi connectivity index (χ2n) is 5.02. The summed E-state index contributed by atoms with van der Waals surface area (Å²) in [6.07, 6.45) is -1.73. The number of halogens is 3. The van der Waals surface area contributed by atoms with Gasteiger partial charge < -0.3 is 19.0 Å². The number of alkyl halides is 3. The molecule has 28 heavy (non-hydrogen) atoms. The smallest absolute Gasteiger partial charge is 0.490 e. The van der Waals surface area contributed by atoms with Crippen LogP contribution >= 0.6 is 0 Å². The van der Waals surface area contributed by atoms with Crippen LogP contribution < -0.4 is 9.47 Å². The first kappa shape index (κ1) is 20.7. The van der Waals surface area contributed by atoms with Gasteiger partial charge in [-0.2, -0.15) is 13.2 Å². The Labute approximate surface area is 156 Å². The number of carbonyl (C=O) groups is 1. The Morgan fingerprint density at radius 1 is 1.11 bits per heavy atom. The predicted octanol–water partition coefficient (Wildman–Crippen LogP) is 3.45. The van der Waals surface area contributed by atoms with Gasteiger partial charge >= 0.3 is 12.1 Å². The van der Waals surface area contributed by atoms with E-state index >= 15 is 0 Å². The van der Waals surface area contributed by atoms with Crippen LogP contribution in [0.25, 0.3) is 22.9 Å². The van der Waals surface area contributed by atoms with Gasteiger partial charge in [-0.3, -0.25) is 4.98 Å². The molecular formula is C17H14F3N3O5. The van der Waals surface area contributed by atoms with Gasteiger partial charge in [0, 0.05) is 12.4 Å². The molecule has 0 bridgehead atoms. The van der Waals surface area contributed by atoms with Gasteiger partial charge in [-0.05, 0) is 30.3 Å². The number of carboxylic acids is 1. The van der Waals surface area contributed by atoms with E-state index in [1.54, 1.807) is 44.8 Å². The van der Waals surface area contributed by atoms with Crippen molar-refractivity contribution in [3.05, 3.63) is 42.7 Å². The second kappa shape index (κ2) is 8.84. The fourth-order valence-electron chi connectivity index (χ4n) is 1.92. The monoisotopic (exact) mass is 397 g/mol. The number of hydrogen-bond acceptors (Lipinski definition) is 7. The van der Waals surface area contributed by atoms with E-state index in [1.807, 2.05) is 12.1 Å². The molecule has 11 heteroatoms. The molecule has 0 fully saturated rings. The molecule has 0 aliphatic rings. The molecule has 0 amide bonds. The first-order valence-corrected chi connectivity index (χ1v) is 7.52. The van der Waals surface area contributed by atoms with E-state index in [0.717, 1.165) is 5.56 Å². The number of carboxylic acid groups (broad SMARTS) is 1. The minimum absolute atomic E-state index is 0.365. The van der Waals surface area contributed by atoms with E-state index in [-0.39, 0.29) is 0 Å². The summed E-state index contributed by atoms with van der Waals surface area (Å²) >= 11 is 0. The molecule has 0 aliphatic carbocycles. The third-order valence-electron chi connectivity index (χ3n) is 3.21. The summed E-state index contributed by atoms with van der Waals surface area (Å²) in [5, 5.41) is 15.2. The Morgan fingerprint density at radius 3 is 2.32 bits per heavy atom. The summed E-state index contributed by atoms with van der Waals surface area (Å²) in [4.78, 5) is 12.9. The van der Waals surface area contributed by atoms with Crippen LogP contribution in [0.15, 0.2) is 47.1 Å². The Balaban J connectivity index is 0.000000345. The van der Waals surface area contributed by atoms with Crippen LogP contribution in [0.5, 0.6) is 11.5 Å². The number of nitrogens with zero attached hydrogens (tertiary/aromatic N) is 3. The zero-order chi connectivity index (χ0) is 20.7. The minimum atomic E-state index is -5.08. The molecule has 148 valence electrons. The van der Waals surface area contributed by atoms with Crippen LogP contribution in [0.2, 0.25) is 0 Å². The van der Waals surface area contributed by atoms with Crippen molar-refractivity contribution in [2.75, 3.05) is 14.2 Å². The maximum absolute atomic E-state index is 10.6. The zero-order valence-electron chi connectivity index (χ0n) is 14.6. The SMILES string of the molecule is COc1ccc(OC)c(-c2nnc(-c3cccnc3)o2)c1.O=C(O)C(F)(F)F. The summed E-state index contributed by atoms with van der Waals surface area (Å²) in [5.74, 6) is -0.663. The highest BCUT2D eigenvalue weighted by Crippen LogP contribution is 2.33. The third-order valence-corrected chi connectivity index (χ3v) is 3.21. The lowest BCUT2D eigenvalue weighted by atomic mass is 10.2. The highest BCUT2D eigenvalue weighted by molar-refractivity contribution is 5.73. The first-order chi connectivity index (χ1) is 13.3. The lowest BCUT2D eigenvalue weighted by molar-refractivity contribution is -0.192. The molecule has 0 atom stereocenters. The van der Waals surface area contributed by atoms with Crippen LogP contribution in [-0.2, 0) is 4.79 Å². The largest absolute Gasteiger partial charge is 0.497 e. The van der Waals surface area contributed by atoms with Crippen molar-refractivity contribution in [1.82, 2.24) is 15.2 Å². The first-order valence-electron chi connectivity index (χ1n) is 7.52. The summed E-state index contributed by atoms with van der Waals surface area (Å²) in [7, 11) is 3.18. The molecule has 0 radical (unpaired) electrons. The van der Waals surface area contributed by atoms with Gasteiger partial charge in [0.15, 0.2) is 0 Å². The maximum Gasteiger partial charge on any atom is 0.490 e. The van der Waals surface area contributed by atoms with Gasteiger partial charge in [0.05, 0.1) is 25.3 Å².